The van der Waals surface area contributed by atoms with Gasteiger partial charge in [0.1, 0.15) is 17.8 Å². The lowest BCUT2D eigenvalue weighted by Gasteiger charge is -2.35. The number of phosphoric acid groups is 3. The van der Waals surface area contributed by atoms with E-state index in [4.69, 9.17) is 19.3 Å². The number of hydrogen-bond donors (Lipinski definition) is 6. The Labute approximate surface area is 215 Å². The molecule has 0 aromatic heterocycles. The summed E-state index contributed by atoms with van der Waals surface area (Å²) in [5.41, 5.74) is -0.363. The first-order valence-electron chi connectivity index (χ1n) is 8.94. The number of ether oxygens (including phenoxy) is 2. The SMILES string of the molecule is CSSC(C)OC1CC(N2C=C(I)C(=O)NC2O)OC1COP(=O)(O)OP(=O)(O)OP(=O)(O)O. The van der Waals surface area contributed by atoms with Crippen LogP contribution >= 0.6 is 67.6 Å². The van der Waals surface area contributed by atoms with Crippen LogP contribution in [0.4, 0.5) is 0 Å². The Hall–Kier alpha value is 0.730. The fraction of sp³-hybridized carbons (Fsp3) is 0.750. The number of nitrogens with zero attached hydrogens (tertiary/aromatic N) is 1. The Bertz CT molecular complexity index is 922. The maximum atomic E-state index is 12.1. The molecule has 2 heterocycles. The van der Waals surface area contributed by atoms with Crippen molar-refractivity contribution in [3.63, 3.8) is 0 Å². The molecule has 7 atom stereocenters. The van der Waals surface area contributed by atoms with E-state index in [1.54, 1.807) is 29.5 Å². The summed E-state index contributed by atoms with van der Waals surface area (Å²) in [5.74, 6) is -0.496. The summed E-state index contributed by atoms with van der Waals surface area (Å²) in [6, 6.07) is 0. The van der Waals surface area contributed by atoms with Crippen molar-refractivity contribution in [3.8, 4) is 0 Å². The number of carbonyl (C=O) groups is 1. The number of phosphoric ester groups is 1. The number of rotatable bonds is 12. The maximum Gasteiger partial charge on any atom is 0.490 e. The summed E-state index contributed by atoms with van der Waals surface area (Å²) in [6.07, 6.45) is -0.810. The molecule has 16 nitrogen and oxygen atoms in total. The smallest absolute Gasteiger partial charge is 0.361 e. The molecule has 2 rings (SSSR count). The highest BCUT2D eigenvalue weighted by Crippen LogP contribution is 2.66. The van der Waals surface area contributed by atoms with Gasteiger partial charge in [-0.1, -0.05) is 21.6 Å². The molecule has 2 aliphatic rings. The van der Waals surface area contributed by atoms with Crippen molar-refractivity contribution in [2.45, 2.75) is 43.6 Å². The van der Waals surface area contributed by atoms with Gasteiger partial charge >= 0.3 is 23.5 Å². The summed E-state index contributed by atoms with van der Waals surface area (Å²) in [7, 11) is -13.8. The van der Waals surface area contributed by atoms with Gasteiger partial charge in [0.05, 0.1) is 16.3 Å². The average molecular weight is 702 g/mol. The van der Waals surface area contributed by atoms with Crippen LogP contribution in [0.1, 0.15) is 13.3 Å². The van der Waals surface area contributed by atoms with E-state index in [0.29, 0.717) is 0 Å². The lowest BCUT2D eigenvalue weighted by Crippen LogP contribution is -2.53. The van der Waals surface area contributed by atoms with Gasteiger partial charge in [0, 0.05) is 12.6 Å². The number of aliphatic hydroxyl groups is 1. The number of amides is 1. The highest BCUT2D eigenvalue weighted by atomic mass is 127. The molecular weight excluding hydrogens is 680 g/mol. The monoisotopic (exact) mass is 702 g/mol. The van der Waals surface area contributed by atoms with Crippen LogP contribution < -0.4 is 5.32 Å². The highest BCUT2D eigenvalue weighted by molar-refractivity contribution is 14.1. The van der Waals surface area contributed by atoms with Gasteiger partial charge in [-0.05, 0) is 35.8 Å². The second kappa shape index (κ2) is 12.5. The number of aliphatic hydroxyl groups excluding tert-OH is 1. The van der Waals surface area contributed by atoms with E-state index >= 15 is 0 Å². The van der Waals surface area contributed by atoms with Crippen LogP contribution in [0.2, 0.25) is 0 Å². The third kappa shape index (κ3) is 9.89. The zero-order chi connectivity index (χ0) is 25.9. The zero-order valence-electron chi connectivity index (χ0n) is 17.3. The average Bonchev–Trinajstić information content (AvgIpc) is 3.02. The number of halogens is 1. The number of hydrogen-bond acceptors (Lipinski definition) is 13. The van der Waals surface area contributed by atoms with Crippen LogP contribution in [0.5, 0.6) is 0 Å². The van der Waals surface area contributed by atoms with Gasteiger partial charge in [-0.15, -0.1) is 0 Å². The quantitative estimate of drug-likeness (QED) is 0.0725. The van der Waals surface area contributed by atoms with Crippen molar-refractivity contribution in [2.75, 3.05) is 12.9 Å². The van der Waals surface area contributed by atoms with Crippen LogP contribution in [0.3, 0.4) is 0 Å². The molecule has 0 aromatic rings. The molecule has 6 N–H and O–H groups in total. The maximum absolute atomic E-state index is 12.1. The van der Waals surface area contributed by atoms with E-state index in [1.807, 2.05) is 6.26 Å². The minimum Gasteiger partial charge on any atom is -0.361 e. The Balaban J connectivity index is 2.11. The zero-order valence-corrected chi connectivity index (χ0v) is 23.7. The van der Waals surface area contributed by atoms with E-state index in [9.17, 15) is 33.4 Å². The molecular formula is C12H22IN2O14P3S2. The minimum absolute atomic E-state index is 0.122. The largest absolute Gasteiger partial charge is 0.490 e. The molecule has 0 saturated carbocycles. The third-order valence-corrected chi connectivity index (χ3v) is 10.5. The molecule has 0 spiro atoms. The second-order valence-electron chi connectivity index (χ2n) is 6.53. The van der Waals surface area contributed by atoms with Crippen LogP contribution in [0.15, 0.2) is 9.78 Å². The van der Waals surface area contributed by atoms with Crippen molar-refractivity contribution in [1.82, 2.24) is 10.2 Å². The van der Waals surface area contributed by atoms with Crippen LogP contribution in [0, 0.1) is 0 Å². The molecule has 0 bridgehead atoms. The molecule has 198 valence electrons. The molecule has 0 aromatic carbocycles. The fourth-order valence-corrected chi connectivity index (χ4v) is 7.73. The molecule has 0 aliphatic carbocycles. The summed E-state index contributed by atoms with van der Waals surface area (Å²) in [4.78, 5) is 49.1. The van der Waals surface area contributed by atoms with E-state index in [2.05, 4.69) is 18.5 Å². The molecule has 1 saturated heterocycles. The summed E-state index contributed by atoms with van der Waals surface area (Å²) < 4.78 is 58.2. The van der Waals surface area contributed by atoms with Gasteiger partial charge in [0.15, 0.2) is 0 Å². The number of nitrogens with one attached hydrogen (secondary N) is 1. The van der Waals surface area contributed by atoms with Gasteiger partial charge in [-0.25, -0.2) is 13.7 Å². The number of carbonyl (C=O) groups excluding carboxylic acids is 1. The van der Waals surface area contributed by atoms with Crippen molar-refractivity contribution >= 4 is 73.6 Å². The van der Waals surface area contributed by atoms with E-state index in [-0.39, 0.29) is 15.4 Å². The first-order valence-corrected chi connectivity index (χ1v) is 17.2. The van der Waals surface area contributed by atoms with Crippen LogP contribution in [-0.2, 0) is 41.1 Å². The Morgan fingerprint density at radius 1 is 1.26 bits per heavy atom. The molecule has 34 heavy (non-hydrogen) atoms. The molecule has 0 radical (unpaired) electrons. The Morgan fingerprint density at radius 2 is 1.91 bits per heavy atom. The topological polar surface area (TPSA) is 231 Å². The lowest BCUT2D eigenvalue weighted by atomic mass is 10.2. The van der Waals surface area contributed by atoms with Gasteiger partial charge in [0.25, 0.3) is 5.91 Å². The Kier molecular flexibility index (Phi) is 11.4. The minimum atomic E-state index is -5.67. The normalized spacial score (nSPS) is 30.3. The highest BCUT2D eigenvalue weighted by Gasteiger charge is 2.45. The van der Waals surface area contributed by atoms with E-state index in [0.717, 1.165) is 0 Å². The summed E-state index contributed by atoms with van der Waals surface area (Å²) in [5, 5.41) is 12.5. The summed E-state index contributed by atoms with van der Waals surface area (Å²) >= 11 is 1.76. The molecule has 1 amide bonds. The van der Waals surface area contributed by atoms with Crippen molar-refractivity contribution in [3.05, 3.63) is 9.78 Å². The Morgan fingerprint density at radius 3 is 2.50 bits per heavy atom. The fourth-order valence-electron chi connectivity index (χ4n) is 2.81. The molecule has 22 heteroatoms. The van der Waals surface area contributed by atoms with Crippen molar-refractivity contribution in [1.29, 1.82) is 0 Å². The van der Waals surface area contributed by atoms with Gasteiger partial charge in [0.2, 0.25) is 6.35 Å². The lowest BCUT2D eigenvalue weighted by molar-refractivity contribution is -0.142. The van der Waals surface area contributed by atoms with Gasteiger partial charge < -0.3 is 44.4 Å². The van der Waals surface area contributed by atoms with Gasteiger partial charge in [-0.2, -0.15) is 8.62 Å². The summed E-state index contributed by atoms with van der Waals surface area (Å²) in [6.45, 7) is 1.02. The molecule has 7 unspecified atom stereocenters. The van der Waals surface area contributed by atoms with Crippen LogP contribution in [0.25, 0.3) is 0 Å². The van der Waals surface area contributed by atoms with Crippen molar-refractivity contribution < 1.29 is 65.8 Å². The molecule has 1 fully saturated rings. The first kappa shape index (κ1) is 31.0. The predicted octanol–water partition coefficient (Wildman–Crippen LogP) is 1.17. The molecule has 2 aliphatic heterocycles. The standard InChI is InChI=1S/C12H22IN2O14P3S2/c1-6(34-33-2)26-8-3-10(15-4-7(13)11(16)14-12(15)17)27-9(8)5-25-31(21,22)29-32(23,24)28-30(18,19)20/h4,6,8-10,12,17H,3,5H2,1-2H3,(H,14,16)(H,21,22)(H,23,24)(H2,18,19,20). The second-order valence-corrected chi connectivity index (χ2v) is 14.9. The van der Waals surface area contributed by atoms with E-state index in [1.165, 1.54) is 32.7 Å². The van der Waals surface area contributed by atoms with E-state index < -0.39 is 60.8 Å². The predicted molar refractivity (Wildman–Crippen MR) is 127 cm³/mol. The van der Waals surface area contributed by atoms with Crippen LogP contribution in [-0.4, -0.2) is 78.6 Å². The van der Waals surface area contributed by atoms with Gasteiger partial charge in [-0.3, -0.25) is 9.32 Å². The van der Waals surface area contributed by atoms with Crippen molar-refractivity contribution in [2.24, 2.45) is 0 Å². The third-order valence-electron chi connectivity index (χ3n) is 3.95. The first-order chi connectivity index (χ1) is 15.5.